The Morgan fingerprint density at radius 1 is 0.892 bits per heavy atom. The van der Waals surface area contributed by atoms with Crippen molar-refractivity contribution in [3.8, 4) is 11.5 Å². The van der Waals surface area contributed by atoms with Crippen molar-refractivity contribution in [3.05, 3.63) is 102 Å². The molecule has 0 unspecified atom stereocenters. The van der Waals surface area contributed by atoms with Crippen molar-refractivity contribution in [2.45, 2.75) is 27.2 Å². The molecule has 0 aliphatic carbocycles. The van der Waals surface area contributed by atoms with Crippen molar-refractivity contribution < 1.29 is 4.79 Å². The maximum Gasteiger partial charge on any atom is 0.229 e. The van der Waals surface area contributed by atoms with E-state index in [0.717, 1.165) is 38.7 Å². The Balaban J connectivity index is 1.36. The van der Waals surface area contributed by atoms with Crippen molar-refractivity contribution in [2.75, 3.05) is 5.32 Å². The molecule has 0 aliphatic rings. The number of carbonyl (C=O) groups is 1. The summed E-state index contributed by atoms with van der Waals surface area (Å²) in [6, 6.07) is 22.0. The minimum absolute atomic E-state index is 0.131. The number of carbonyl (C=O) groups excluding carboxylic acids is 1. The first-order chi connectivity index (χ1) is 18.0. The third-order valence-electron chi connectivity index (χ3n) is 6.68. The molecule has 1 N–H and O–H groups in total. The molecular formula is C29H25N7O. The number of fused-ring (bicyclic) bond motifs is 2. The normalized spacial score (nSPS) is 11.3. The van der Waals surface area contributed by atoms with E-state index < -0.39 is 0 Å². The third-order valence-corrected chi connectivity index (χ3v) is 6.68. The summed E-state index contributed by atoms with van der Waals surface area (Å²) in [4.78, 5) is 22.2. The molecule has 0 atom stereocenters. The average Bonchev–Trinajstić information content (AvgIpc) is 3.49. The monoisotopic (exact) mass is 487 g/mol. The molecule has 8 heteroatoms. The smallest absolute Gasteiger partial charge is 0.229 e. The summed E-state index contributed by atoms with van der Waals surface area (Å²) in [6.07, 6.45) is 3.49. The van der Waals surface area contributed by atoms with Gasteiger partial charge < -0.3 is 5.32 Å². The van der Waals surface area contributed by atoms with Crippen LogP contribution >= 0.6 is 0 Å². The van der Waals surface area contributed by atoms with E-state index in [4.69, 9.17) is 0 Å². The van der Waals surface area contributed by atoms with Crippen LogP contribution in [0.1, 0.15) is 22.4 Å². The van der Waals surface area contributed by atoms with Gasteiger partial charge in [-0.25, -0.2) is 14.6 Å². The van der Waals surface area contributed by atoms with Gasteiger partial charge in [0.1, 0.15) is 12.1 Å². The van der Waals surface area contributed by atoms with Gasteiger partial charge in [-0.15, -0.1) is 0 Å². The molecule has 6 rings (SSSR count). The van der Waals surface area contributed by atoms with Crippen LogP contribution in [0.3, 0.4) is 0 Å². The molecule has 3 heterocycles. The quantitative estimate of drug-likeness (QED) is 0.358. The Morgan fingerprint density at radius 2 is 1.70 bits per heavy atom. The van der Waals surface area contributed by atoms with Crippen LogP contribution in [0.15, 0.2) is 79.3 Å². The van der Waals surface area contributed by atoms with Crippen molar-refractivity contribution in [1.82, 2.24) is 29.5 Å². The van der Waals surface area contributed by atoms with Crippen molar-refractivity contribution in [3.63, 3.8) is 0 Å². The summed E-state index contributed by atoms with van der Waals surface area (Å²) < 4.78 is 3.47. The van der Waals surface area contributed by atoms with Crippen LogP contribution in [0, 0.1) is 20.8 Å². The third kappa shape index (κ3) is 4.02. The Kier molecular flexibility index (Phi) is 5.49. The predicted molar refractivity (Wildman–Crippen MR) is 144 cm³/mol. The first kappa shape index (κ1) is 22.6. The standard InChI is InChI=1S/C29H25N7O/c1-18-8-6-13-25(20(18)3)35-28-24(16-32-35)29(31-17-30-28)36-26(14-19(2)34-36)33-27(37)15-22-11-7-10-21-9-4-5-12-23(21)22/h4-14,16-17H,15H2,1-3H3,(H,33,37). The van der Waals surface area contributed by atoms with E-state index in [0.29, 0.717) is 17.3 Å². The fraction of sp³-hybridized carbons (Fsp3) is 0.138. The molecule has 0 fully saturated rings. The predicted octanol–water partition coefficient (Wildman–Crippen LogP) is 5.26. The van der Waals surface area contributed by atoms with Gasteiger partial charge in [-0.05, 0) is 54.3 Å². The number of nitrogens with zero attached hydrogens (tertiary/aromatic N) is 6. The van der Waals surface area contributed by atoms with E-state index in [1.807, 2.05) is 72.3 Å². The molecule has 0 saturated heterocycles. The molecule has 3 aromatic carbocycles. The minimum Gasteiger partial charge on any atom is -0.310 e. The van der Waals surface area contributed by atoms with Crippen LogP contribution in [0.4, 0.5) is 5.82 Å². The van der Waals surface area contributed by atoms with Gasteiger partial charge in [0.2, 0.25) is 5.91 Å². The average molecular weight is 488 g/mol. The van der Waals surface area contributed by atoms with Crippen LogP contribution < -0.4 is 5.32 Å². The van der Waals surface area contributed by atoms with Crippen LogP contribution in [0.2, 0.25) is 0 Å². The van der Waals surface area contributed by atoms with Gasteiger partial charge in [-0.1, -0.05) is 54.6 Å². The largest absolute Gasteiger partial charge is 0.310 e. The number of rotatable bonds is 5. The SMILES string of the molecule is Cc1cc(NC(=O)Cc2cccc3ccccc23)n(-c2ncnc3c2cnn3-c2cccc(C)c2C)n1. The molecule has 0 saturated carbocycles. The summed E-state index contributed by atoms with van der Waals surface area (Å²) in [5, 5.41) is 15.2. The summed E-state index contributed by atoms with van der Waals surface area (Å²) in [7, 11) is 0. The van der Waals surface area contributed by atoms with E-state index in [2.05, 4.69) is 45.4 Å². The van der Waals surface area contributed by atoms with E-state index in [1.165, 1.54) is 11.9 Å². The fourth-order valence-corrected chi connectivity index (χ4v) is 4.70. The van der Waals surface area contributed by atoms with E-state index in [1.54, 1.807) is 10.9 Å². The van der Waals surface area contributed by atoms with Gasteiger partial charge in [0.05, 0.1) is 29.4 Å². The lowest BCUT2D eigenvalue weighted by Gasteiger charge is -2.11. The first-order valence-corrected chi connectivity index (χ1v) is 12.1. The Morgan fingerprint density at radius 3 is 2.59 bits per heavy atom. The van der Waals surface area contributed by atoms with Crippen LogP contribution in [0.5, 0.6) is 0 Å². The number of benzene rings is 3. The maximum absolute atomic E-state index is 13.1. The molecule has 0 aliphatic heterocycles. The molecule has 37 heavy (non-hydrogen) atoms. The second kappa shape index (κ2) is 8.98. The van der Waals surface area contributed by atoms with Crippen molar-refractivity contribution in [1.29, 1.82) is 0 Å². The Hall–Kier alpha value is -4.85. The molecule has 8 nitrogen and oxygen atoms in total. The minimum atomic E-state index is -0.131. The number of hydrogen-bond donors (Lipinski definition) is 1. The van der Waals surface area contributed by atoms with Gasteiger partial charge in [0, 0.05) is 6.07 Å². The number of aromatic nitrogens is 6. The zero-order valence-corrected chi connectivity index (χ0v) is 20.8. The molecule has 0 bridgehead atoms. The number of amides is 1. The lowest BCUT2D eigenvalue weighted by molar-refractivity contribution is -0.115. The summed E-state index contributed by atoms with van der Waals surface area (Å²) in [5.74, 6) is 0.964. The Labute approximate surface area is 213 Å². The number of aryl methyl sites for hydroxylation is 2. The van der Waals surface area contributed by atoms with Crippen LogP contribution in [-0.4, -0.2) is 35.4 Å². The van der Waals surface area contributed by atoms with Gasteiger partial charge in [-0.2, -0.15) is 14.9 Å². The second-order valence-corrected chi connectivity index (χ2v) is 9.16. The summed E-state index contributed by atoms with van der Waals surface area (Å²) >= 11 is 0. The maximum atomic E-state index is 13.1. The van der Waals surface area contributed by atoms with E-state index in [9.17, 15) is 4.79 Å². The highest BCUT2D eigenvalue weighted by molar-refractivity contribution is 5.96. The van der Waals surface area contributed by atoms with E-state index in [-0.39, 0.29) is 12.3 Å². The lowest BCUT2D eigenvalue weighted by Crippen LogP contribution is -2.17. The number of anilines is 1. The summed E-state index contributed by atoms with van der Waals surface area (Å²) in [6.45, 7) is 6.03. The lowest BCUT2D eigenvalue weighted by atomic mass is 10.0. The second-order valence-electron chi connectivity index (χ2n) is 9.16. The molecular weight excluding hydrogens is 462 g/mol. The van der Waals surface area contributed by atoms with Gasteiger partial charge in [0.25, 0.3) is 0 Å². The zero-order valence-electron chi connectivity index (χ0n) is 20.8. The number of hydrogen-bond acceptors (Lipinski definition) is 5. The molecule has 0 spiro atoms. The highest BCUT2D eigenvalue weighted by atomic mass is 16.1. The first-order valence-electron chi connectivity index (χ1n) is 12.1. The fourth-order valence-electron chi connectivity index (χ4n) is 4.70. The highest BCUT2D eigenvalue weighted by Crippen LogP contribution is 2.26. The Bertz CT molecular complexity index is 1790. The van der Waals surface area contributed by atoms with Gasteiger partial charge in [-0.3, -0.25) is 4.79 Å². The van der Waals surface area contributed by atoms with Crippen LogP contribution in [-0.2, 0) is 11.2 Å². The van der Waals surface area contributed by atoms with E-state index >= 15 is 0 Å². The summed E-state index contributed by atoms with van der Waals surface area (Å²) in [5.41, 5.74) is 5.66. The van der Waals surface area contributed by atoms with Crippen molar-refractivity contribution in [2.24, 2.45) is 0 Å². The molecule has 6 aromatic rings. The topological polar surface area (TPSA) is 90.5 Å². The molecule has 3 aromatic heterocycles. The molecule has 0 radical (unpaired) electrons. The van der Waals surface area contributed by atoms with Crippen LogP contribution in [0.25, 0.3) is 33.3 Å². The zero-order chi connectivity index (χ0) is 25.5. The van der Waals surface area contributed by atoms with Crippen molar-refractivity contribution >= 4 is 33.5 Å². The molecule has 1 amide bonds. The van der Waals surface area contributed by atoms with Gasteiger partial charge in [0.15, 0.2) is 11.5 Å². The number of nitrogens with one attached hydrogen (secondary N) is 1. The highest BCUT2D eigenvalue weighted by Gasteiger charge is 2.19. The molecule has 182 valence electrons. The van der Waals surface area contributed by atoms with Gasteiger partial charge >= 0.3 is 0 Å².